The molecule has 0 bridgehead atoms. The molecular formula is C14H19FN5O+. The molecule has 1 aromatic rings. The highest BCUT2D eigenvalue weighted by molar-refractivity contribution is 5.45. The Bertz CT molecular complexity index is 553. The average molecular weight is 292 g/mol. The summed E-state index contributed by atoms with van der Waals surface area (Å²) in [4.78, 5) is 2.32. The average Bonchev–Trinajstić information content (AvgIpc) is 2.90. The van der Waals surface area contributed by atoms with Crippen molar-refractivity contribution in [3.63, 3.8) is 0 Å². The minimum atomic E-state index is -0.266. The number of benzene rings is 1. The van der Waals surface area contributed by atoms with Crippen LogP contribution in [0.25, 0.3) is 0 Å². The van der Waals surface area contributed by atoms with Gasteiger partial charge in [0.25, 0.3) is 0 Å². The summed E-state index contributed by atoms with van der Waals surface area (Å²) in [7, 11) is 0. The molecule has 1 atom stereocenters. The Kier molecular flexibility index (Phi) is 3.96. The molecule has 3 rings (SSSR count). The topological polar surface area (TPSA) is 63.2 Å². The maximum Gasteiger partial charge on any atom is 0.208 e. The van der Waals surface area contributed by atoms with E-state index in [0.717, 1.165) is 38.5 Å². The number of halogens is 1. The lowest BCUT2D eigenvalue weighted by atomic mass is 10.2. The molecule has 21 heavy (non-hydrogen) atoms. The molecule has 1 aromatic carbocycles. The molecule has 0 aromatic heterocycles. The van der Waals surface area contributed by atoms with Crippen LogP contribution in [0.5, 0.6) is 0 Å². The van der Waals surface area contributed by atoms with E-state index in [2.05, 4.69) is 15.2 Å². The SMILES string of the molecule is NC1=C[N+](CCN2CCOCC2)(c2ccc(F)cc2)N=N1. The summed E-state index contributed by atoms with van der Waals surface area (Å²) < 4.78 is 18.7. The molecule has 6 nitrogen and oxygen atoms in total. The Morgan fingerprint density at radius 3 is 2.57 bits per heavy atom. The minimum absolute atomic E-state index is 0.184. The summed E-state index contributed by atoms with van der Waals surface area (Å²) in [6.45, 7) is 4.91. The molecule has 0 spiro atoms. The quantitative estimate of drug-likeness (QED) is 0.857. The van der Waals surface area contributed by atoms with Crippen molar-refractivity contribution in [1.29, 1.82) is 0 Å². The Morgan fingerprint density at radius 2 is 1.95 bits per heavy atom. The second-order valence-electron chi connectivity index (χ2n) is 5.22. The molecule has 2 heterocycles. The first kappa shape index (κ1) is 14.1. The van der Waals surface area contributed by atoms with Crippen LogP contribution in [0.2, 0.25) is 0 Å². The number of nitrogens with two attached hydrogens (primary N) is 1. The van der Waals surface area contributed by atoms with E-state index in [0.29, 0.717) is 12.4 Å². The van der Waals surface area contributed by atoms with E-state index in [1.165, 1.54) is 12.1 Å². The van der Waals surface area contributed by atoms with Gasteiger partial charge in [-0.1, -0.05) is 5.11 Å². The molecule has 2 N–H and O–H groups in total. The van der Waals surface area contributed by atoms with Crippen LogP contribution in [0, 0.1) is 5.82 Å². The van der Waals surface area contributed by atoms with E-state index in [4.69, 9.17) is 10.5 Å². The summed E-state index contributed by atoms with van der Waals surface area (Å²) in [5.41, 5.74) is 6.62. The summed E-state index contributed by atoms with van der Waals surface area (Å²) in [5, 5.41) is 8.25. The first-order valence-corrected chi connectivity index (χ1v) is 7.04. The van der Waals surface area contributed by atoms with Crippen LogP contribution in [0.15, 0.2) is 46.6 Å². The maximum absolute atomic E-state index is 13.1. The Morgan fingerprint density at radius 1 is 1.24 bits per heavy atom. The zero-order valence-corrected chi connectivity index (χ0v) is 11.8. The zero-order chi connectivity index (χ0) is 14.7. The lowest BCUT2D eigenvalue weighted by molar-refractivity contribution is 0.0354. The van der Waals surface area contributed by atoms with Crippen molar-refractivity contribution in [2.75, 3.05) is 39.4 Å². The van der Waals surface area contributed by atoms with Gasteiger partial charge in [0.2, 0.25) is 5.82 Å². The number of quaternary nitrogens is 1. The van der Waals surface area contributed by atoms with Crippen molar-refractivity contribution >= 4 is 5.69 Å². The fraction of sp³-hybridized carbons (Fsp3) is 0.429. The number of ether oxygens (including phenoxy) is 1. The molecule has 0 saturated carbocycles. The zero-order valence-electron chi connectivity index (χ0n) is 11.8. The van der Waals surface area contributed by atoms with E-state index < -0.39 is 0 Å². The summed E-state index contributed by atoms with van der Waals surface area (Å²) in [5.74, 6) is 0.125. The van der Waals surface area contributed by atoms with Crippen LogP contribution in [-0.2, 0) is 4.74 Å². The van der Waals surface area contributed by atoms with Crippen molar-refractivity contribution in [1.82, 2.24) is 9.49 Å². The molecule has 2 aliphatic heterocycles. The number of hydrogen-bond donors (Lipinski definition) is 1. The molecule has 0 aliphatic carbocycles. The maximum atomic E-state index is 13.1. The molecule has 2 aliphatic rings. The van der Waals surface area contributed by atoms with E-state index in [1.54, 1.807) is 18.3 Å². The highest BCUT2D eigenvalue weighted by atomic mass is 19.1. The largest absolute Gasteiger partial charge is 0.379 e. The standard InChI is InChI=1S/C14H19FN5O/c15-12-1-3-13(4-2-12)20(11-14(16)17-18-20)8-5-19-6-9-21-10-7-19/h1-4,11H,5-10,16H2/q+1. The monoisotopic (exact) mass is 292 g/mol. The van der Waals surface area contributed by atoms with Crippen LogP contribution in [0.4, 0.5) is 10.1 Å². The number of morpholine rings is 1. The fourth-order valence-electron chi connectivity index (χ4n) is 2.58. The van der Waals surface area contributed by atoms with Crippen LogP contribution in [0.3, 0.4) is 0 Å². The molecule has 1 fully saturated rings. The third-order valence-corrected chi connectivity index (χ3v) is 3.80. The first-order chi connectivity index (χ1) is 10.2. The second kappa shape index (κ2) is 5.88. The van der Waals surface area contributed by atoms with Gasteiger partial charge >= 0.3 is 0 Å². The van der Waals surface area contributed by atoms with Crippen LogP contribution in [-0.4, -0.2) is 44.3 Å². The van der Waals surface area contributed by atoms with E-state index in [9.17, 15) is 4.39 Å². The Hall–Kier alpha value is -1.83. The van der Waals surface area contributed by atoms with E-state index in [1.807, 2.05) is 0 Å². The molecule has 112 valence electrons. The van der Waals surface area contributed by atoms with Crippen LogP contribution in [0.1, 0.15) is 0 Å². The van der Waals surface area contributed by atoms with Gasteiger partial charge in [0.15, 0.2) is 11.9 Å². The van der Waals surface area contributed by atoms with Crippen molar-refractivity contribution < 1.29 is 9.13 Å². The summed E-state index contributed by atoms with van der Waals surface area (Å²) >= 11 is 0. The van der Waals surface area contributed by atoms with Crippen LogP contribution < -0.4 is 10.3 Å². The first-order valence-electron chi connectivity index (χ1n) is 7.04. The van der Waals surface area contributed by atoms with Gasteiger partial charge in [0, 0.05) is 30.4 Å². The van der Waals surface area contributed by atoms with Crippen molar-refractivity contribution in [2.24, 2.45) is 16.1 Å². The smallest absolute Gasteiger partial charge is 0.208 e. The highest BCUT2D eigenvalue weighted by Crippen LogP contribution is 2.29. The van der Waals surface area contributed by atoms with Gasteiger partial charge in [-0.15, -0.1) is 4.59 Å². The molecule has 0 radical (unpaired) electrons. The number of nitrogens with zero attached hydrogens (tertiary/aromatic N) is 4. The molecule has 7 heteroatoms. The van der Waals surface area contributed by atoms with Gasteiger partial charge in [0.1, 0.15) is 12.4 Å². The number of rotatable bonds is 4. The molecule has 0 amide bonds. The third-order valence-electron chi connectivity index (χ3n) is 3.80. The van der Waals surface area contributed by atoms with Crippen molar-refractivity contribution in [2.45, 2.75) is 0 Å². The Labute approximate surface area is 122 Å². The van der Waals surface area contributed by atoms with Gasteiger partial charge in [-0.25, -0.2) is 4.39 Å². The number of hydrogen-bond acceptors (Lipinski definition) is 5. The predicted octanol–water partition coefficient (Wildman–Crippen LogP) is 1.60. The lowest BCUT2D eigenvalue weighted by Gasteiger charge is -2.30. The van der Waals surface area contributed by atoms with Gasteiger partial charge in [-0.3, -0.25) is 4.90 Å². The van der Waals surface area contributed by atoms with E-state index in [-0.39, 0.29) is 10.4 Å². The second-order valence-corrected chi connectivity index (χ2v) is 5.22. The lowest BCUT2D eigenvalue weighted by Crippen LogP contribution is -2.46. The summed E-state index contributed by atoms with van der Waals surface area (Å²) in [6, 6.07) is 6.31. The molecular weight excluding hydrogens is 273 g/mol. The van der Waals surface area contributed by atoms with Crippen LogP contribution >= 0.6 is 0 Å². The predicted molar refractivity (Wildman–Crippen MR) is 77.4 cm³/mol. The van der Waals surface area contributed by atoms with Gasteiger partial charge in [0.05, 0.1) is 19.8 Å². The van der Waals surface area contributed by atoms with Crippen molar-refractivity contribution in [3.8, 4) is 0 Å². The summed E-state index contributed by atoms with van der Waals surface area (Å²) in [6.07, 6.45) is 1.80. The fourth-order valence-corrected chi connectivity index (χ4v) is 2.58. The van der Waals surface area contributed by atoms with Gasteiger partial charge < -0.3 is 10.5 Å². The molecule has 1 saturated heterocycles. The van der Waals surface area contributed by atoms with E-state index >= 15 is 0 Å². The van der Waals surface area contributed by atoms with Crippen molar-refractivity contribution in [3.05, 3.63) is 42.1 Å². The van der Waals surface area contributed by atoms with Gasteiger partial charge in [-0.05, 0) is 12.1 Å². The highest BCUT2D eigenvalue weighted by Gasteiger charge is 2.35. The Balaban J connectivity index is 1.78. The normalized spacial score (nSPS) is 26.0. The third kappa shape index (κ3) is 3.10. The molecule has 1 unspecified atom stereocenters. The van der Waals surface area contributed by atoms with Gasteiger partial charge in [-0.2, -0.15) is 0 Å². The minimum Gasteiger partial charge on any atom is -0.379 e.